The van der Waals surface area contributed by atoms with Crippen molar-refractivity contribution in [2.24, 2.45) is 0 Å². The molecule has 0 aromatic heterocycles. The molecule has 0 aliphatic carbocycles. The quantitative estimate of drug-likeness (QED) is 0.179. The van der Waals surface area contributed by atoms with E-state index in [0.717, 1.165) is 12.8 Å². The van der Waals surface area contributed by atoms with Gasteiger partial charge in [0.1, 0.15) is 13.7 Å². The molecular weight excluding hydrogens is 347 g/mol. The van der Waals surface area contributed by atoms with Crippen molar-refractivity contribution in [2.45, 2.75) is 103 Å². The molecule has 0 heterocycles. The minimum absolute atomic E-state index is 0.950. The van der Waals surface area contributed by atoms with Gasteiger partial charge in [-0.15, -0.1) is 0 Å². The van der Waals surface area contributed by atoms with Crippen LogP contribution >= 0.6 is 7.49 Å². The predicted octanol–water partition coefficient (Wildman–Crippen LogP) is 8.88. The monoisotopic (exact) mass is 393 g/mol. The van der Waals surface area contributed by atoms with Crippen LogP contribution in [0.15, 0.2) is 30.3 Å². The van der Waals surface area contributed by atoms with Crippen LogP contribution in [0.3, 0.4) is 0 Å². The summed E-state index contributed by atoms with van der Waals surface area (Å²) >= 11 is 0. The van der Waals surface area contributed by atoms with Gasteiger partial charge in [0.05, 0.1) is 19.9 Å². The molecule has 0 aliphatic heterocycles. The van der Waals surface area contributed by atoms with Crippen LogP contribution in [0, 0.1) is 0 Å². The summed E-state index contributed by atoms with van der Waals surface area (Å²) in [6, 6.07) is 10.8. The molecular formula is C25H46OP+. The lowest BCUT2D eigenvalue weighted by atomic mass is 10.0. The van der Waals surface area contributed by atoms with Crippen LogP contribution in [-0.2, 0) is 10.7 Å². The minimum Gasteiger partial charge on any atom is -0.238 e. The van der Waals surface area contributed by atoms with Gasteiger partial charge in [-0.25, -0.2) is 4.52 Å². The average Bonchev–Trinajstić information content (AvgIpc) is 2.65. The Morgan fingerprint density at radius 1 is 0.630 bits per heavy atom. The van der Waals surface area contributed by atoms with Crippen LogP contribution in [0.25, 0.3) is 0 Å². The molecule has 0 unspecified atom stereocenters. The lowest BCUT2D eigenvalue weighted by Gasteiger charge is -2.17. The van der Waals surface area contributed by atoms with E-state index in [4.69, 9.17) is 4.52 Å². The normalized spacial score (nSPS) is 11.8. The van der Waals surface area contributed by atoms with E-state index in [1.165, 1.54) is 95.5 Å². The maximum absolute atomic E-state index is 6.25. The Hall–Kier alpha value is -0.390. The van der Waals surface area contributed by atoms with Crippen molar-refractivity contribution in [1.29, 1.82) is 0 Å². The summed E-state index contributed by atoms with van der Waals surface area (Å²) < 4.78 is 6.25. The second kappa shape index (κ2) is 16.6. The van der Waals surface area contributed by atoms with Crippen molar-refractivity contribution < 1.29 is 4.52 Å². The smallest absolute Gasteiger partial charge is 0.144 e. The zero-order valence-corrected chi connectivity index (χ0v) is 19.5. The topological polar surface area (TPSA) is 9.23 Å². The van der Waals surface area contributed by atoms with Crippen molar-refractivity contribution >= 4 is 7.49 Å². The van der Waals surface area contributed by atoms with Gasteiger partial charge in [0.25, 0.3) is 0 Å². The number of hydrogen-bond acceptors (Lipinski definition) is 1. The van der Waals surface area contributed by atoms with Gasteiger partial charge in [0, 0.05) is 0 Å². The van der Waals surface area contributed by atoms with E-state index in [-0.39, 0.29) is 0 Å². The Labute approximate surface area is 171 Å². The molecule has 1 rings (SSSR count). The van der Waals surface area contributed by atoms with Gasteiger partial charge in [-0.1, -0.05) is 121 Å². The molecule has 0 saturated heterocycles. The van der Waals surface area contributed by atoms with E-state index < -0.39 is 7.49 Å². The first-order valence-corrected chi connectivity index (χ1v) is 14.4. The molecule has 0 radical (unpaired) electrons. The molecule has 27 heavy (non-hydrogen) atoms. The summed E-state index contributed by atoms with van der Waals surface area (Å²) in [6.07, 6.45) is 20.9. The number of benzene rings is 1. The summed E-state index contributed by atoms with van der Waals surface area (Å²) in [5, 5.41) is 0. The van der Waals surface area contributed by atoms with E-state index in [2.05, 4.69) is 50.6 Å². The predicted molar refractivity (Wildman–Crippen MR) is 125 cm³/mol. The van der Waals surface area contributed by atoms with Gasteiger partial charge < -0.3 is 0 Å². The fourth-order valence-electron chi connectivity index (χ4n) is 3.68. The third-order valence-corrected chi connectivity index (χ3v) is 7.35. The van der Waals surface area contributed by atoms with Gasteiger partial charge in [-0.05, 0) is 12.0 Å². The second-order valence-corrected chi connectivity index (χ2v) is 12.4. The van der Waals surface area contributed by atoms with Crippen molar-refractivity contribution in [3.8, 4) is 0 Å². The molecule has 0 bridgehead atoms. The van der Waals surface area contributed by atoms with E-state index >= 15 is 0 Å². The first kappa shape index (κ1) is 24.6. The summed E-state index contributed by atoms with van der Waals surface area (Å²) in [7, 11) is -1.25. The summed E-state index contributed by atoms with van der Waals surface area (Å²) in [6.45, 7) is 7.89. The maximum atomic E-state index is 6.25. The van der Waals surface area contributed by atoms with E-state index in [9.17, 15) is 0 Å². The Kier molecular flexibility index (Phi) is 15.1. The molecule has 0 saturated carbocycles. The Morgan fingerprint density at radius 3 is 1.56 bits per heavy atom. The standard InChI is InChI=1S/C25H46OP/c1-4-5-6-7-8-9-10-11-12-13-14-15-16-20-23-26-27(2,3)24-25-21-18-17-19-22-25/h17-19,21-22H,4-16,20,23-24H2,1-3H3/q+1. The zero-order chi connectivity index (χ0) is 19.6. The fraction of sp³-hybridized carbons (Fsp3) is 0.760. The first-order valence-electron chi connectivity index (χ1n) is 11.7. The molecule has 0 spiro atoms. The Balaban J connectivity index is 1.85. The molecule has 1 aromatic rings. The minimum atomic E-state index is -1.25. The molecule has 0 N–H and O–H groups in total. The maximum Gasteiger partial charge on any atom is 0.144 e. The van der Waals surface area contributed by atoms with Gasteiger partial charge >= 0.3 is 0 Å². The molecule has 0 atom stereocenters. The molecule has 156 valence electrons. The van der Waals surface area contributed by atoms with Crippen molar-refractivity contribution in [2.75, 3.05) is 19.9 Å². The Morgan fingerprint density at radius 2 is 1.07 bits per heavy atom. The Bertz CT molecular complexity index is 429. The first-order chi connectivity index (χ1) is 13.1. The third kappa shape index (κ3) is 15.2. The van der Waals surface area contributed by atoms with E-state index in [0.29, 0.717) is 0 Å². The molecule has 0 aliphatic rings. The molecule has 0 fully saturated rings. The molecule has 0 amide bonds. The lowest BCUT2D eigenvalue weighted by molar-refractivity contribution is 0.328. The van der Waals surface area contributed by atoms with Gasteiger partial charge in [-0.2, -0.15) is 0 Å². The van der Waals surface area contributed by atoms with Crippen molar-refractivity contribution in [3.63, 3.8) is 0 Å². The van der Waals surface area contributed by atoms with Crippen LogP contribution in [0.4, 0.5) is 0 Å². The average molecular weight is 394 g/mol. The van der Waals surface area contributed by atoms with Crippen LogP contribution in [0.5, 0.6) is 0 Å². The van der Waals surface area contributed by atoms with E-state index in [1.807, 2.05) is 0 Å². The molecule has 1 nitrogen and oxygen atoms in total. The van der Waals surface area contributed by atoms with Crippen LogP contribution < -0.4 is 0 Å². The summed E-state index contributed by atoms with van der Waals surface area (Å²) in [5.41, 5.74) is 1.41. The second-order valence-electron chi connectivity index (χ2n) is 8.65. The highest BCUT2D eigenvalue weighted by atomic mass is 31.2. The highest BCUT2D eigenvalue weighted by Gasteiger charge is 2.26. The third-order valence-electron chi connectivity index (χ3n) is 5.34. The number of rotatable bonds is 18. The number of unbranched alkanes of at least 4 members (excludes halogenated alkanes) is 13. The highest BCUT2D eigenvalue weighted by Crippen LogP contribution is 2.55. The summed E-state index contributed by atoms with van der Waals surface area (Å²) in [4.78, 5) is 0. The van der Waals surface area contributed by atoms with Crippen LogP contribution in [-0.4, -0.2) is 19.9 Å². The fourth-order valence-corrected chi connectivity index (χ4v) is 5.48. The SMILES string of the molecule is CCCCCCCCCCCCCCCCO[P+](C)(C)Cc1ccccc1. The van der Waals surface area contributed by atoms with Gasteiger partial charge in [-0.3, -0.25) is 0 Å². The van der Waals surface area contributed by atoms with Gasteiger partial charge in [0.2, 0.25) is 0 Å². The van der Waals surface area contributed by atoms with Gasteiger partial charge in [0.15, 0.2) is 0 Å². The largest absolute Gasteiger partial charge is 0.238 e. The molecule has 2 heteroatoms. The lowest BCUT2D eigenvalue weighted by Crippen LogP contribution is -2.01. The van der Waals surface area contributed by atoms with Crippen LogP contribution in [0.1, 0.15) is 102 Å². The highest BCUT2D eigenvalue weighted by molar-refractivity contribution is 7.69. The van der Waals surface area contributed by atoms with Crippen molar-refractivity contribution in [1.82, 2.24) is 0 Å². The van der Waals surface area contributed by atoms with Crippen LogP contribution in [0.2, 0.25) is 0 Å². The number of hydrogen-bond donors (Lipinski definition) is 0. The summed E-state index contributed by atoms with van der Waals surface area (Å²) in [5.74, 6) is 0. The zero-order valence-electron chi connectivity index (χ0n) is 18.6. The van der Waals surface area contributed by atoms with E-state index in [1.54, 1.807) is 0 Å². The molecule has 1 aromatic carbocycles. The van der Waals surface area contributed by atoms with Crippen molar-refractivity contribution in [3.05, 3.63) is 35.9 Å².